The Hall–Kier alpha value is -3.50. The molecule has 33 heavy (non-hydrogen) atoms. The zero-order valence-electron chi connectivity index (χ0n) is 17.8. The number of carbonyl (C=O) groups is 1. The monoisotopic (exact) mass is 452 g/mol. The van der Waals surface area contributed by atoms with Gasteiger partial charge in [-0.05, 0) is 42.5 Å². The Morgan fingerprint density at radius 1 is 1.33 bits per heavy atom. The number of nitro groups is 1. The van der Waals surface area contributed by atoms with Gasteiger partial charge in [0.2, 0.25) is 5.91 Å². The molecule has 2 aromatic carbocycles. The molecular weight excluding hydrogens is 428 g/mol. The van der Waals surface area contributed by atoms with Gasteiger partial charge >= 0.3 is 5.76 Å². The number of H-pyrrole nitrogens is 1. The second kappa shape index (κ2) is 8.13. The zero-order chi connectivity index (χ0) is 23.2. The molecular formula is C23H24N4O6. The molecule has 1 aliphatic carbocycles. The number of aromatic nitrogens is 1. The van der Waals surface area contributed by atoms with Gasteiger partial charge in [0, 0.05) is 31.8 Å². The summed E-state index contributed by atoms with van der Waals surface area (Å²) in [6, 6.07) is 11.1. The van der Waals surface area contributed by atoms with E-state index < -0.39 is 28.2 Å². The predicted molar refractivity (Wildman–Crippen MR) is 119 cm³/mol. The van der Waals surface area contributed by atoms with Crippen LogP contribution in [0.5, 0.6) is 0 Å². The molecule has 2 atom stereocenters. The fourth-order valence-corrected chi connectivity index (χ4v) is 4.64. The third kappa shape index (κ3) is 4.14. The van der Waals surface area contributed by atoms with Gasteiger partial charge in [0.15, 0.2) is 5.58 Å². The first-order valence-electron chi connectivity index (χ1n) is 10.9. The molecule has 0 radical (unpaired) electrons. The molecule has 1 unspecified atom stereocenters. The minimum atomic E-state index is -0.716. The average molecular weight is 452 g/mol. The van der Waals surface area contributed by atoms with E-state index in [-0.39, 0.29) is 11.6 Å². The number of non-ortho nitro benzene ring substituents is 1. The molecule has 2 heterocycles. The fourth-order valence-electron chi connectivity index (χ4n) is 4.64. The van der Waals surface area contributed by atoms with Gasteiger partial charge in [-0.2, -0.15) is 0 Å². The van der Waals surface area contributed by atoms with Crippen molar-refractivity contribution >= 4 is 22.7 Å². The number of nitro benzene ring substituents is 1. The Labute approximate surface area is 188 Å². The normalized spacial score (nSPS) is 20.6. The molecule has 172 valence electrons. The number of carbonyl (C=O) groups excluding carboxylic acids is 1. The largest absolute Gasteiger partial charge is 0.417 e. The standard InChI is InChI=1S/C23H24N4O6/c28-17-6-9-26(12-17)13-19(14-2-1-3-16(10-14)27(31)32)24-21(29)23(7-8-23)15-4-5-20-18(11-15)25-22(30)33-20/h1-5,10-11,17,19,28H,6-9,12-13H2,(H,24,29)(H,25,30)/t17?,19-/m1/s1. The first-order chi connectivity index (χ1) is 15.8. The van der Waals surface area contributed by atoms with Crippen LogP contribution in [0.15, 0.2) is 51.7 Å². The molecule has 10 nitrogen and oxygen atoms in total. The van der Waals surface area contributed by atoms with Gasteiger partial charge in [-0.15, -0.1) is 0 Å². The summed E-state index contributed by atoms with van der Waals surface area (Å²) in [5, 5.41) is 24.3. The van der Waals surface area contributed by atoms with E-state index in [2.05, 4.69) is 15.2 Å². The van der Waals surface area contributed by atoms with Crippen LogP contribution in [-0.2, 0) is 10.2 Å². The number of aliphatic hydroxyl groups excluding tert-OH is 1. The van der Waals surface area contributed by atoms with Crippen LogP contribution >= 0.6 is 0 Å². The van der Waals surface area contributed by atoms with Crippen molar-refractivity contribution in [2.24, 2.45) is 0 Å². The molecule has 1 aromatic heterocycles. The molecule has 5 rings (SSSR count). The molecule has 10 heteroatoms. The summed E-state index contributed by atoms with van der Waals surface area (Å²) in [6.45, 7) is 1.63. The van der Waals surface area contributed by atoms with Crippen LogP contribution < -0.4 is 11.1 Å². The van der Waals surface area contributed by atoms with Crippen molar-refractivity contribution in [2.75, 3.05) is 19.6 Å². The highest BCUT2D eigenvalue weighted by atomic mass is 16.6. The summed E-state index contributed by atoms with van der Waals surface area (Å²) in [6.07, 6.45) is 1.57. The van der Waals surface area contributed by atoms with E-state index in [1.165, 1.54) is 12.1 Å². The number of aromatic amines is 1. The summed E-state index contributed by atoms with van der Waals surface area (Å²) >= 11 is 0. The van der Waals surface area contributed by atoms with E-state index >= 15 is 0 Å². The average Bonchev–Trinajstić information content (AvgIpc) is 3.38. The van der Waals surface area contributed by atoms with Crippen molar-refractivity contribution < 1.29 is 19.2 Å². The molecule has 1 saturated heterocycles. The van der Waals surface area contributed by atoms with E-state index in [1.807, 2.05) is 0 Å². The van der Waals surface area contributed by atoms with Gasteiger partial charge in [0.1, 0.15) is 0 Å². The predicted octanol–water partition coefficient (Wildman–Crippen LogP) is 1.98. The Balaban J connectivity index is 1.42. The van der Waals surface area contributed by atoms with Gasteiger partial charge in [0.05, 0.1) is 28.0 Å². The smallest absolute Gasteiger partial charge is 0.408 e. The summed E-state index contributed by atoms with van der Waals surface area (Å²) < 4.78 is 5.06. The molecule has 1 amide bonds. The van der Waals surface area contributed by atoms with Gasteiger partial charge in [-0.25, -0.2) is 4.79 Å². The minimum Gasteiger partial charge on any atom is -0.408 e. The van der Waals surface area contributed by atoms with Gasteiger partial charge in [-0.3, -0.25) is 24.8 Å². The molecule has 0 spiro atoms. The fraction of sp³-hybridized carbons (Fsp3) is 0.391. The number of amides is 1. The first-order valence-corrected chi connectivity index (χ1v) is 10.9. The van der Waals surface area contributed by atoms with Crippen LogP contribution in [0.1, 0.15) is 36.4 Å². The van der Waals surface area contributed by atoms with Crippen LogP contribution in [0, 0.1) is 10.1 Å². The van der Waals surface area contributed by atoms with Crippen molar-refractivity contribution in [3.8, 4) is 0 Å². The highest BCUT2D eigenvalue weighted by Gasteiger charge is 2.52. The highest BCUT2D eigenvalue weighted by molar-refractivity contribution is 5.92. The third-order valence-electron chi connectivity index (χ3n) is 6.63. The van der Waals surface area contributed by atoms with Crippen molar-refractivity contribution in [1.29, 1.82) is 0 Å². The number of fused-ring (bicyclic) bond motifs is 1. The topological polar surface area (TPSA) is 142 Å². The number of oxazole rings is 1. The number of benzene rings is 2. The van der Waals surface area contributed by atoms with E-state index in [1.54, 1.807) is 30.3 Å². The zero-order valence-corrected chi connectivity index (χ0v) is 17.8. The number of hydrogen-bond donors (Lipinski definition) is 3. The van der Waals surface area contributed by atoms with Crippen LogP contribution in [-0.4, -0.2) is 51.6 Å². The lowest BCUT2D eigenvalue weighted by molar-refractivity contribution is -0.384. The lowest BCUT2D eigenvalue weighted by Crippen LogP contribution is -2.42. The summed E-state index contributed by atoms with van der Waals surface area (Å²) in [5.74, 6) is -0.709. The number of likely N-dealkylation sites (tertiary alicyclic amines) is 1. The Morgan fingerprint density at radius 2 is 2.15 bits per heavy atom. The third-order valence-corrected chi connectivity index (χ3v) is 6.63. The number of aliphatic hydroxyl groups is 1. The number of β-amino-alcohol motifs (C(OH)–C–C–N with tert-alkyl or cyclic N) is 1. The lowest BCUT2D eigenvalue weighted by Gasteiger charge is -2.27. The molecule has 3 aromatic rings. The van der Waals surface area contributed by atoms with Crippen molar-refractivity contribution in [1.82, 2.24) is 15.2 Å². The minimum absolute atomic E-state index is 0.0382. The Morgan fingerprint density at radius 3 is 2.85 bits per heavy atom. The number of rotatable bonds is 7. The van der Waals surface area contributed by atoms with Gasteiger partial charge in [0.25, 0.3) is 5.69 Å². The van der Waals surface area contributed by atoms with Crippen LogP contribution in [0.3, 0.4) is 0 Å². The summed E-state index contributed by atoms with van der Waals surface area (Å²) in [5.41, 5.74) is 1.65. The van der Waals surface area contributed by atoms with E-state index in [0.717, 1.165) is 5.56 Å². The molecule has 0 bridgehead atoms. The number of nitrogens with zero attached hydrogens (tertiary/aromatic N) is 2. The quantitative estimate of drug-likeness (QED) is 0.368. The molecule has 3 N–H and O–H groups in total. The Bertz CT molecular complexity index is 1280. The maximum Gasteiger partial charge on any atom is 0.417 e. The second-order valence-corrected chi connectivity index (χ2v) is 8.89. The van der Waals surface area contributed by atoms with Gasteiger partial charge < -0.3 is 14.8 Å². The van der Waals surface area contributed by atoms with Crippen molar-refractivity contribution in [2.45, 2.75) is 36.8 Å². The van der Waals surface area contributed by atoms with E-state index in [0.29, 0.717) is 55.6 Å². The van der Waals surface area contributed by atoms with Crippen LogP contribution in [0.2, 0.25) is 0 Å². The van der Waals surface area contributed by atoms with E-state index in [9.17, 15) is 24.8 Å². The van der Waals surface area contributed by atoms with E-state index in [4.69, 9.17) is 4.42 Å². The van der Waals surface area contributed by atoms with Gasteiger partial charge in [-0.1, -0.05) is 18.2 Å². The molecule has 2 fully saturated rings. The van der Waals surface area contributed by atoms with Crippen LogP contribution in [0.4, 0.5) is 5.69 Å². The molecule has 1 saturated carbocycles. The highest BCUT2D eigenvalue weighted by Crippen LogP contribution is 2.49. The SMILES string of the molecule is O=C(N[C@H](CN1CCC(O)C1)c1cccc([N+](=O)[O-])c1)C1(c2ccc3oc(=O)[nH]c3c2)CC1. The van der Waals surface area contributed by atoms with Crippen molar-refractivity contribution in [3.05, 3.63) is 74.3 Å². The Kier molecular flexibility index (Phi) is 5.26. The number of hydrogen-bond acceptors (Lipinski definition) is 7. The maximum absolute atomic E-state index is 13.5. The van der Waals surface area contributed by atoms with Crippen molar-refractivity contribution in [3.63, 3.8) is 0 Å². The molecule has 1 aliphatic heterocycles. The first kappa shape index (κ1) is 21.4. The summed E-state index contributed by atoms with van der Waals surface area (Å²) in [7, 11) is 0. The van der Waals surface area contributed by atoms with Crippen LogP contribution in [0.25, 0.3) is 11.1 Å². The number of nitrogens with one attached hydrogen (secondary N) is 2. The maximum atomic E-state index is 13.5. The molecule has 2 aliphatic rings. The lowest BCUT2D eigenvalue weighted by atomic mass is 9.93. The second-order valence-electron chi connectivity index (χ2n) is 8.89. The summed E-state index contributed by atoms with van der Waals surface area (Å²) in [4.78, 5) is 40.5.